The molecule has 12 aromatic rings. The highest BCUT2D eigenvalue weighted by Gasteiger charge is 2.17. The normalized spacial score (nSPS) is 11.5. The van der Waals surface area contributed by atoms with E-state index in [0.29, 0.717) is 5.82 Å². The highest BCUT2D eigenvalue weighted by Crippen LogP contribution is 2.39. The summed E-state index contributed by atoms with van der Waals surface area (Å²) in [4.78, 5) is 14.7. The van der Waals surface area contributed by atoms with Crippen LogP contribution >= 0.6 is 0 Å². The first-order chi connectivity index (χ1) is 30.7. The maximum absolute atomic E-state index is 6.35. The largest absolute Gasteiger partial charge is 0.456 e. The minimum Gasteiger partial charge on any atom is -0.456 e. The third-order valence-electron chi connectivity index (χ3n) is 11.9. The lowest BCUT2D eigenvalue weighted by molar-refractivity contribution is 0.669. The van der Waals surface area contributed by atoms with E-state index >= 15 is 0 Å². The molecule has 0 fully saturated rings. The third kappa shape index (κ3) is 6.23. The van der Waals surface area contributed by atoms with Crippen molar-refractivity contribution in [3.05, 3.63) is 219 Å². The Morgan fingerprint density at radius 3 is 1.68 bits per heavy atom. The number of aromatic nitrogens is 4. The first kappa shape index (κ1) is 35.5. The third-order valence-corrected chi connectivity index (χ3v) is 11.9. The zero-order valence-corrected chi connectivity index (χ0v) is 33.5. The van der Waals surface area contributed by atoms with Crippen LogP contribution in [0.5, 0.6) is 0 Å². The molecule has 8 aromatic carbocycles. The van der Waals surface area contributed by atoms with Crippen LogP contribution in [0.2, 0.25) is 0 Å². The second-order valence-electron chi connectivity index (χ2n) is 15.7. The number of benzene rings is 8. The van der Waals surface area contributed by atoms with Crippen LogP contribution < -0.4 is 0 Å². The maximum atomic E-state index is 6.35. The summed E-state index contributed by atoms with van der Waals surface area (Å²) < 4.78 is 8.70. The van der Waals surface area contributed by atoms with Gasteiger partial charge in [0.25, 0.3) is 0 Å². The van der Waals surface area contributed by atoms with Gasteiger partial charge in [-0.15, -0.1) is 0 Å². The second-order valence-corrected chi connectivity index (χ2v) is 15.7. The summed E-state index contributed by atoms with van der Waals surface area (Å²) in [6.45, 7) is 0. The number of hydrogen-bond donors (Lipinski definition) is 0. The minimum absolute atomic E-state index is 0.659. The van der Waals surface area contributed by atoms with Gasteiger partial charge in [0.2, 0.25) is 0 Å². The summed E-state index contributed by atoms with van der Waals surface area (Å²) in [7, 11) is 0. The predicted octanol–water partition coefficient (Wildman–Crippen LogP) is 14.9. The first-order valence-electron chi connectivity index (χ1n) is 20.8. The summed E-state index contributed by atoms with van der Waals surface area (Å²) in [5, 5.41) is 4.60. The van der Waals surface area contributed by atoms with E-state index in [9.17, 15) is 0 Å². The van der Waals surface area contributed by atoms with Crippen LogP contribution in [0.25, 0.3) is 117 Å². The number of rotatable bonds is 7. The lowest BCUT2D eigenvalue weighted by Crippen LogP contribution is -1.96. The molecule has 62 heavy (non-hydrogen) atoms. The van der Waals surface area contributed by atoms with Crippen molar-refractivity contribution in [1.82, 2.24) is 19.5 Å². The Morgan fingerprint density at radius 2 is 0.887 bits per heavy atom. The number of pyridine rings is 1. The quantitative estimate of drug-likeness (QED) is 0.161. The van der Waals surface area contributed by atoms with Crippen LogP contribution in [-0.4, -0.2) is 19.5 Å². The van der Waals surface area contributed by atoms with Gasteiger partial charge in [0.1, 0.15) is 11.2 Å². The molecule has 0 N–H and O–H groups in total. The average Bonchev–Trinajstić information content (AvgIpc) is 3.90. The van der Waals surface area contributed by atoms with Crippen LogP contribution in [0.4, 0.5) is 0 Å². The van der Waals surface area contributed by atoms with Crippen molar-refractivity contribution in [3.8, 4) is 73.0 Å². The summed E-state index contributed by atoms with van der Waals surface area (Å²) >= 11 is 0. The molecule has 0 spiro atoms. The van der Waals surface area contributed by atoms with E-state index in [0.717, 1.165) is 89.1 Å². The van der Waals surface area contributed by atoms with Gasteiger partial charge >= 0.3 is 0 Å². The molecular weight excluding hydrogens is 757 g/mol. The Hall–Kier alpha value is -8.41. The lowest BCUT2D eigenvalue weighted by atomic mass is 9.93. The molecule has 5 nitrogen and oxygen atoms in total. The van der Waals surface area contributed by atoms with Crippen LogP contribution in [0.1, 0.15) is 0 Å². The fourth-order valence-electron chi connectivity index (χ4n) is 8.86. The van der Waals surface area contributed by atoms with Gasteiger partial charge in [0.15, 0.2) is 5.82 Å². The van der Waals surface area contributed by atoms with Crippen molar-refractivity contribution in [2.75, 3.05) is 0 Å². The molecule has 0 saturated carbocycles. The monoisotopic (exact) mass is 792 g/mol. The number of fused-ring (bicyclic) bond motifs is 6. The molecule has 290 valence electrons. The van der Waals surface area contributed by atoms with E-state index < -0.39 is 0 Å². The summed E-state index contributed by atoms with van der Waals surface area (Å²) in [6, 6.07) is 72.7. The van der Waals surface area contributed by atoms with Crippen LogP contribution in [0.15, 0.2) is 223 Å². The van der Waals surface area contributed by atoms with Gasteiger partial charge in [-0.25, -0.2) is 9.97 Å². The lowest BCUT2D eigenvalue weighted by Gasteiger charge is -2.14. The average molecular weight is 793 g/mol. The maximum Gasteiger partial charge on any atom is 0.160 e. The second kappa shape index (κ2) is 14.7. The SMILES string of the molecule is c1ccc(-c2nc(-c3cc(-c4ccc(-c5ccncc5)cc4)cc(-c4ccc5c(c4)c4ccccc4n5-c4ccccc4)c3)cc(-c3ccc4c(c3)oc3ccccc34)n2)cc1. The van der Waals surface area contributed by atoms with Gasteiger partial charge in [-0.1, -0.05) is 121 Å². The molecule has 0 aliphatic heterocycles. The van der Waals surface area contributed by atoms with Crippen molar-refractivity contribution in [2.45, 2.75) is 0 Å². The van der Waals surface area contributed by atoms with E-state index in [2.05, 4.69) is 167 Å². The van der Waals surface area contributed by atoms with E-state index in [1.165, 1.54) is 21.8 Å². The molecule has 0 atom stereocenters. The molecule has 0 aliphatic carbocycles. The van der Waals surface area contributed by atoms with E-state index in [-0.39, 0.29) is 0 Å². The number of furan rings is 1. The summed E-state index contributed by atoms with van der Waals surface area (Å²) in [6.07, 6.45) is 3.67. The summed E-state index contributed by atoms with van der Waals surface area (Å²) in [5.41, 5.74) is 16.4. The Kier molecular flexibility index (Phi) is 8.42. The van der Waals surface area contributed by atoms with Crippen molar-refractivity contribution in [2.24, 2.45) is 0 Å². The molecule has 12 rings (SSSR count). The molecule has 0 unspecified atom stereocenters. The van der Waals surface area contributed by atoms with Crippen molar-refractivity contribution < 1.29 is 4.42 Å². The Morgan fingerprint density at radius 1 is 0.323 bits per heavy atom. The van der Waals surface area contributed by atoms with Crippen molar-refractivity contribution in [3.63, 3.8) is 0 Å². The molecule has 0 amide bonds. The van der Waals surface area contributed by atoms with Gasteiger partial charge in [-0.05, 0) is 118 Å². The topological polar surface area (TPSA) is 56.7 Å². The van der Waals surface area contributed by atoms with Gasteiger partial charge < -0.3 is 8.98 Å². The van der Waals surface area contributed by atoms with E-state index in [1.54, 1.807) is 0 Å². The molecule has 5 heteroatoms. The van der Waals surface area contributed by atoms with Gasteiger partial charge in [0, 0.05) is 56.3 Å². The van der Waals surface area contributed by atoms with Crippen LogP contribution in [0, 0.1) is 0 Å². The zero-order chi connectivity index (χ0) is 41.0. The first-order valence-corrected chi connectivity index (χ1v) is 20.8. The van der Waals surface area contributed by atoms with Crippen LogP contribution in [0.3, 0.4) is 0 Å². The predicted molar refractivity (Wildman–Crippen MR) is 254 cm³/mol. The Labute approximate surface area is 357 Å². The van der Waals surface area contributed by atoms with E-state index in [4.69, 9.17) is 14.4 Å². The fourth-order valence-corrected chi connectivity index (χ4v) is 8.86. The molecule has 0 bridgehead atoms. The van der Waals surface area contributed by atoms with E-state index in [1.807, 2.05) is 60.9 Å². The molecular formula is C57H36N4O. The van der Waals surface area contributed by atoms with Gasteiger partial charge in [-0.2, -0.15) is 0 Å². The smallest absolute Gasteiger partial charge is 0.160 e. The van der Waals surface area contributed by atoms with Gasteiger partial charge in [-0.3, -0.25) is 4.98 Å². The van der Waals surface area contributed by atoms with Crippen LogP contribution in [-0.2, 0) is 0 Å². The van der Waals surface area contributed by atoms with Gasteiger partial charge in [0.05, 0.1) is 22.4 Å². The van der Waals surface area contributed by atoms with Crippen molar-refractivity contribution in [1.29, 1.82) is 0 Å². The molecule has 4 heterocycles. The number of para-hydroxylation sites is 3. The Balaban J connectivity index is 1.06. The summed E-state index contributed by atoms with van der Waals surface area (Å²) in [5.74, 6) is 0.659. The minimum atomic E-state index is 0.659. The van der Waals surface area contributed by atoms with Crippen molar-refractivity contribution >= 4 is 43.7 Å². The molecule has 0 aliphatic rings. The standard InChI is InChI=1S/C57H36N4O/c1-3-11-40(12-4-1)57-59-51(42-23-25-49-48-16-8-10-18-55(48)62-56(49)35-42)36-52(60-57)45-32-43(38-21-19-37(20-22-38)39-27-29-58-30-28-39)31-44(33-45)41-24-26-54-50(34-41)47-15-7-9-17-53(47)61(54)46-13-5-2-6-14-46/h1-36H. The molecule has 0 radical (unpaired) electrons. The number of hydrogen-bond acceptors (Lipinski definition) is 4. The molecule has 4 aromatic heterocycles. The molecule has 0 saturated heterocycles. The Bertz CT molecular complexity index is 3610. The zero-order valence-electron chi connectivity index (χ0n) is 33.5. The highest BCUT2D eigenvalue weighted by molar-refractivity contribution is 6.11. The number of nitrogens with zero attached hydrogens (tertiary/aromatic N) is 4. The highest BCUT2D eigenvalue weighted by atomic mass is 16.3. The fraction of sp³-hybridized carbons (Fsp3) is 0.